The number of carbonyl (C=O) groups excluding carboxylic acids is 2. The molecule has 0 amide bonds. The van der Waals surface area contributed by atoms with Gasteiger partial charge in [-0.25, -0.2) is 0 Å². The number of hydrogen-bond donors (Lipinski definition) is 0. The van der Waals surface area contributed by atoms with Gasteiger partial charge in [0.15, 0.2) is 11.9 Å². The molecule has 9 nitrogen and oxygen atoms in total. The van der Waals surface area contributed by atoms with Crippen molar-refractivity contribution in [2.24, 2.45) is 0 Å². The van der Waals surface area contributed by atoms with Crippen molar-refractivity contribution in [3.8, 4) is 11.5 Å². The number of ketones is 1. The highest BCUT2D eigenvalue weighted by molar-refractivity contribution is 7.14. The van der Waals surface area contributed by atoms with E-state index in [1.807, 2.05) is 13.0 Å². The lowest BCUT2D eigenvalue weighted by Crippen LogP contribution is -2.11. The zero-order valence-corrected chi connectivity index (χ0v) is 16.5. The smallest absolute Gasteiger partial charge is 0.307 e. The number of aryl methyl sites for hydroxylation is 1. The second-order valence-corrected chi connectivity index (χ2v) is 7.50. The van der Waals surface area contributed by atoms with Gasteiger partial charge in [0.05, 0.1) is 16.2 Å². The van der Waals surface area contributed by atoms with Crippen molar-refractivity contribution in [1.29, 1.82) is 0 Å². The van der Waals surface area contributed by atoms with E-state index in [4.69, 9.17) is 9.15 Å². The number of nitrogens with zero attached hydrogens (tertiary/aromatic N) is 3. The van der Waals surface area contributed by atoms with Crippen LogP contribution in [0.15, 0.2) is 40.8 Å². The van der Waals surface area contributed by atoms with E-state index >= 15 is 0 Å². The van der Waals surface area contributed by atoms with Crippen LogP contribution in [0.25, 0.3) is 11.5 Å². The van der Waals surface area contributed by atoms with Crippen LogP contribution in [-0.4, -0.2) is 26.9 Å². The van der Waals surface area contributed by atoms with Crippen LogP contribution in [0.5, 0.6) is 0 Å². The fourth-order valence-electron chi connectivity index (χ4n) is 2.47. The predicted molar refractivity (Wildman–Crippen MR) is 104 cm³/mol. The van der Waals surface area contributed by atoms with E-state index in [-0.39, 0.29) is 36.1 Å². The summed E-state index contributed by atoms with van der Waals surface area (Å²) in [6, 6.07) is 9.24. The van der Waals surface area contributed by atoms with Gasteiger partial charge in [0.2, 0.25) is 5.89 Å². The maximum Gasteiger partial charge on any atom is 0.307 e. The first-order valence-electron chi connectivity index (χ1n) is 8.71. The minimum absolute atomic E-state index is 0.0521. The molecule has 3 aromatic rings. The first-order valence-corrected chi connectivity index (χ1v) is 9.52. The summed E-state index contributed by atoms with van der Waals surface area (Å²) in [6.45, 7) is 3.49. The largest absolute Gasteiger partial charge is 0.453 e. The third-order valence-corrected chi connectivity index (χ3v) is 5.03. The van der Waals surface area contributed by atoms with Crippen LogP contribution in [0.4, 0.5) is 5.69 Å². The molecular weight excluding hydrogens is 398 g/mol. The summed E-state index contributed by atoms with van der Waals surface area (Å²) in [7, 11) is 0. The molecule has 10 heteroatoms. The normalized spacial score (nSPS) is 11.8. The maximum atomic E-state index is 12.1. The quantitative estimate of drug-likeness (QED) is 0.231. The SMILES string of the molecule is Cc1ccc(C(=O)CCC(=O)OC(C)c2nnc(-c3ccc([N+](=O)[O-])cc3)o2)s1. The molecule has 0 N–H and O–H groups in total. The number of rotatable bonds is 8. The monoisotopic (exact) mass is 415 g/mol. The average Bonchev–Trinajstić information content (AvgIpc) is 3.35. The van der Waals surface area contributed by atoms with Crippen LogP contribution in [0.1, 0.15) is 46.3 Å². The highest BCUT2D eigenvalue weighted by Gasteiger charge is 2.20. The molecule has 0 saturated carbocycles. The number of nitro benzene ring substituents is 1. The molecular formula is C19H17N3O6S. The fraction of sp³-hybridized carbons (Fsp3) is 0.263. The van der Waals surface area contributed by atoms with E-state index in [1.165, 1.54) is 35.6 Å². The van der Waals surface area contributed by atoms with Crippen molar-refractivity contribution in [3.05, 3.63) is 62.2 Å². The summed E-state index contributed by atoms with van der Waals surface area (Å²) in [5.74, 6) is -0.409. The van der Waals surface area contributed by atoms with Crippen molar-refractivity contribution in [2.75, 3.05) is 0 Å². The van der Waals surface area contributed by atoms with Crippen molar-refractivity contribution in [1.82, 2.24) is 10.2 Å². The summed E-state index contributed by atoms with van der Waals surface area (Å²) in [6.07, 6.45) is -0.784. The third-order valence-electron chi connectivity index (χ3n) is 3.99. The number of esters is 1. The molecule has 150 valence electrons. The van der Waals surface area contributed by atoms with E-state index < -0.39 is 17.0 Å². The number of hydrogen-bond acceptors (Lipinski definition) is 9. The molecule has 0 fully saturated rings. The summed E-state index contributed by atoms with van der Waals surface area (Å²) in [4.78, 5) is 35.9. The number of benzene rings is 1. The lowest BCUT2D eigenvalue weighted by atomic mass is 10.2. The van der Waals surface area contributed by atoms with Crippen LogP contribution in [0.2, 0.25) is 0 Å². The first-order chi connectivity index (χ1) is 13.8. The van der Waals surface area contributed by atoms with Gasteiger partial charge in [-0.1, -0.05) is 0 Å². The van der Waals surface area contributed by atoms with Crippen LogP contribution < -0.4 is 0 Å². The second-order valence-electron chi connectivity index (χ2n) is 6.21. The van der Waals surface area contributed by atoms with Gasteiger partial charge in [-0.05, 0) is 38.1 Å². The molecule has 0 bridgehead atoms. The Morgan fingerprint density at radius 3 is 2.52 bits per heavy atom. The predicted octanol–water partition coefficient (Wildman–Crippen LogP) is 4.28. The van der Waals surface area contributed by atoms with Gasteiger partial charge in [0, 0.05) is 29.0 Å². The zero-order valence-electron chi connectivity index (χ0n) is 15.7. The maximum absolute atomic E-state index is 12.1. The van der Waals surface area contributed by atoms with Crippen LogP contribution in [-0.2, 0) is 9.53 Å². The molecule has 3 rings (SSSR count). The van der Waals surface area contributed by atoms with E-state index in [2.05, 4.69) is 10.2 Å². The molecule has 0 aliphatic rings. The summed E-state index contributed by atoms with van der Waals surface area (Å²) in [5.41, 5.74) is 0.452. The lowest BCUT2D eigenvalue weighted by Gasteiger charge is -2.08. The Bertz CT molecular complexity index is 1040. The van der Waals surface area contributed by atoms with Gasteiger partial charge in [0.1, 0.15) is 0 Å². The lowest BCUT2D eigenvalue weighted by molar-refractivity contribution is -0.384. The molecule has 0 radical (unpaired) electrons. The standard InChI is InChI=1S/C19H17N3O6S/c1-11-3-9-16(29-11)15(23)8-10-17(24)27-12(2)18-20-21-19(28-18)13-4-6-14(7-5-13)22(25)26/h3-7,9,12H,8,10H2,1-2H3. The molecule has 0 aliphatic heterocycles. The van der Waals surface area contributed by atoms with Gasteiger partial charge >= 0.3 is 5.97 Å². The first kappa shape index (κ1) is 20.3. The highest BCUT2D eigenvalue weighted by atomic mass is 32.1. The van der Waals surface area contributed by atoms with E-state index in [1.54, 1.807) is 13.0 Å². The Kier molecular flexibility index (Phi) is 6.13. The number of nitro groups is 1. The molecule has 2 aromatic heterocycles. The number of Topliss-reactive ketones (excluding diaryl/α,β-unsaturated/α-hetero) is 1. The number of aromatic nitrogens is 2. The summed E-state index contributed by atoms with van der Waals surface area (Å²) >= 11 is 1.39. The van der Waals surface area contributed by atoms with Crippen molar-refractivity contribution in [2.45, 2.75) is 32.8 Å². The van der Waals surface area contributed by atoms with E-state index in [0.717, 1.165) is 4.88 Å². The Morgan fingerprint density at radius 2 is 1.90 bits per heavy atom. The zero-order chi connectivity index (χ0) is 21.0. The number of ether oxygens (including phenoxy) is 1. The van der Waals surface area contributed by atoms with Gasteiger partial charge in [-0.15, -0.1) is 21.5 Å². The molecule has 2 heterocycles. The van der Waals surface area contributed by atoms with E-state index in [0.29, 0.717) is 10.4 Å². The topological polar surface area (TPSA) is 125 Å². The van der Waals surface area contributed by atoms with Gasteiger partial charge in [-0.3, -0.25) is 19.7 Å². The Balaban J connectivity index is 1.55. The number of carbonyl (C=O) groups is 2. The van der Waals surface area contributed by atoms with Gasteiger partial charge in [0.25, 0.3) is 11.6 Å². The average molecular weight is 415 g/mol. The summed E-state index contributed by atoms with van der Waals surface area (Å²) < 4.78 is 10.8. The number of non-ortho nitro benzene ring substituents is 1. The molecule has 0 saturated heterocycles. The van der Waals surface area contributed by atoms with Crippen LogP contribution in [0, 0.1) is 17.0 Å². The highest BCUT2D eigenvalue weighted by Crippen LogP contribution is 2.25. The van der Waals surface area contributed by atoms with Crippen molar-refractivity contribution < 1.29 is 23.7 Å². The van der Waals surface area contributed by atoms with Crippen LogP contribution >= 0.6 is 11.3 Å². The summed E-state index contributed by atoms with van der Waals surface area (Å²) in [5, 5.41) is 18.4. The Labute approximate surface area is 169 Å². The molecule has 0 aliphatic carbocycles. The Morgan fingerprint density at radius 1 is 1.17 bits per heavy atom. The second kappa shape index (κ2) is 8.74. The van der Waals surface area contributed by atoms with Crippen molar-refractivity contribution in [3.63, 3.8) is 0 Å². The minimum Gasteiger partial charge on any atom is -0.453 e. The molecule has 1 aromatic carbocycles. The van der Waals surface area contributed by atoms with E-state index in [9.17, 15) is 19.7 Å². The number of thiophene rings is 1. The van der Waals surface area contributed by atoms with Crippen molar-refractivity contribution >= 4 is 28.8 Å². The Hall–Kier alpha value is -3.40. The molecule has 0 spiro atoms. The molecule has 1 unspecified atom stereocenters. The minimum atomic E-state index is -0.791. The molecule has 1 atom stereocenters. The van der Waals surface area contributed by atoms with Gasteiger partial charge < -0.3 is 9.15 Å². The fourth-order valence-corrected chi connectivity index (χ4v) is 3.31. The third kappa shape index (κ3) is 5.11. The van der Waals surface area contributed by atoms with Gasteiger partial charge in [-0.2, -0.15) is 0 Å². The van der Waals surface area contributed by atoms with Crippen LogP contribution in [0.3, 0.4) is 0 Å². The molecule has 29 heavy (non-hydrogen) atoms.